The van der Waals surface area contributed by atoms with E-state index in [0.29, 0.717) is 6.04 Å². The maximum absolute atomic E-state index is 9.46. The number of hydrogen-bond acceptors (Lipinski definition) is 3. The number of likely N-dealkylation sites (N-methyl/N-ethyl adjacent to an activating group) is 1. The van der Waals surface area contributed by atoms with Gasteiger partial charge in [0.25, 0.3) is 0 Å². The van der Waals surface area contributed by atoms with Gasteiger partial charge < -0.3 is 15.3 Å². The molecule has 2 rings (SSSR count). The fourth-order valence-corrected chi connectivity index (χ4v) is 3.02. The van der Waals surface area contributed by atoms with Crippen molar-refractivity contribution in [1.82, 2.24) is 5.32 Å². The second-order valence-electron chi connectivity index (χ2n) is 6.28. The normalized spacial score (nSPS) is 21.4. The molecule has 2 atom stereocenters. The number of aliphatic hydroxyl groups excluding tert-OH is 1. The highest BCUT2D eigenvalue weighted by atomic mass is 16.3. The van der Waals surface area contributed by atoms with E-state index in [0.717, 1.165) is 19.4 Å². The molecule has 0 spiro atoms. The fourth-order valence-electron chi connectivity index (χ4n) is 3.02. The molecule has 1 aromatic carbocycles. The minimum Gasteiger partial charge on any atom is -0.394 e. The molecule has 0 radical (unpaired) electrons. The molecule has 0 saturated carbocycles. The van der Waals surface area contributed by atoms with E-state index < -0.39 is 0 Å². The van der Waals surface area contributed by atoms with E-state index in [1.807, 2.05) is 7.05 Å². The van der Waals surface area contributed by atoms with E-state index in [1.165, 1.54) is 24.1 Å². The average Bonchev–Trinajstić information content (AvgIpc) is 2.49. The van der Waals surface area contributed by atoms with Gasteiger partial charge in [0, 0.05) is 23.8 Å². The van der Waals surface area contributed by atoms with Crippen LogP contribution in [0.2, 0.25) is 0 Å². The molecule has 0 fully saturated rings. The Balaban J connectivity index is 1.99. The Morgan fingerprint density at radius 3 is 2.85 bits per heavy atom. The molecule has 1 aromatic rings. The van der Waals surface area contributed by atoms with Crippen molar-refractivity contribution in [3.05, 3.63) is 29.8 Å². The Morgan fingerprint density at radius 2 is 2.15 bits per heavy atom. The standard InChI is InChI=1S/C17H28N2O/c1-14-9-10-15-7-4-5-8-16(15)19(14)12-6-11-17(2,13-20)18-3/h4-5,7-8,14,18,20H,6,9-13H2,1-3H3. The molecule has 1 aliphatic heterocycles. The van der Waals surface area contributed by atoms with E-state index in [4.69, 9.17) is 0 Å². The average molecular weight is 276 g/mol. The fraction of sp³-hybridized carbons (Fsp3) is 0.647. The molecule has 0 amide bonds. The topological polar surface area (TPSA) is 35.5 Å². The first kappa shape index (κ1) is 15.3. The zero-order valence-electron chi connectivity index (χ0n) is 13.0. The van der Waals surface area contributed by atoms with Crippen LogP contribution in [0.15, 0.2) is 24.3 Å². The van der Waals surface area contributed by atoms with Crippen LogP contribution < -0.4 is 10.2 Å². The molecule has 3 heteroatoms. The van der Waals surface area contributed by atoms with Gasteiger partial charge in [-0.1, -0.05) is 18.2 Å². The summed E-state index contributed by atoms with van der Waals surface area (Å²) >= 11 is 0. The molecule has 2 unspecified atom stereocenters. The van der Waals surface area contributed by atoms with Gasteiger partial charge >= 0.3 is 0 Å². The number of nitrogens with zero attached hydrogens (tertiary/aromatic N) is 1. The molecule has 0 saturated heterocycles. The van der Waals surface area contributed by atoms with Gasteiger partial charge in [0.05, 0.1) is 6.61 Å². The molecule has 1 heterocycles. The first-order valence-corrected chi connectivity index (χ1v) is 7.74. The zero-order chi connectivity index (χ0) is 14.6. The SMILES string of the molecule is CNC(C)(CO)CCCN1c2ccccc2CCC1C. The highest BCUT2D eigenvalue weighted by Gasteiger charge is 2.24. The van der Waals surface area contributed by atoms with Crippen LogP contribution in [-0.4, -0.2) is 36.9 Å². The third kappa shape index (κ3) is 3.33. The lowest BCUT2D eigenvalue weighted by atomic mass is 9.94. The molecular weight excluding hydrogens is 248 g/mol. The first-order chi connectivity index (χ1) is 9.59. The maximum atomic E-state index is 9.46. The van der Waals surface area contributed by atoms with Gasteiger partial charge in [-0.05, 0) is 58.2 Å². The van der Waals surface area contributed by atoms with E-state index in [9.17, 15) is 5.11 Å². The number of anilines is 1. The monoisotopic (exact) mass is 276 g/mol. The quantitative estimate of drug-likeness (QED) is 0.838. The number of para-hydroxylation sites is 1. The lowest BCUT2D eigenvalue weighted by Gasteiger charge is -2.38. The molecule has 112 valence electrons. The van der Waals surface area contributed by atoms with Crippen molar-refractivity contribution in [1.29, 1.82) is 0 Å². The van der Waals surface area contributed by atoms with Crippen LogP contribution in [0.1, 0.15) is 38.7 Å². The first-order valence-electron chi connectivity index (χ1n) is 7.74. The van der Waals surface area contributed by atoms with Crippen LogP contribution in [0.5, 0.6) is 0 Å². The summed E-state index contributed by atoms with van der Waals surface area (Å²) in [4.78, 5) is 2.53. The molecule has 2 N–H and O–H groups in total. The van der Waals surface area contributed by atoms with Crippen molar-refractivity contribution in [2.45, 2.75) is 51.1 Å². The number of benzene rings is 1. The summed E-state index contributed by atoms with van der Waals surface area (Å²) in [5, 5.41) is 12.7. The number of nitrogens with one attached hydrogen (secondary N) is 1. The molecule has 20 heavy (non-hydrogen) atoms. The Bertz CT molecular complexity index is 429. The van der Waals surface area contributed by atoms with Crippen LogP contribution in [0.3, 0.4) is 0 Å². The summed E-state index contributed by atoms with van der Waals surface area (Å²) in [5.74, 6) is 0. The van der Waals surface area contributed by atoms with E-state index in [2.05, 4.69) is 48.3 Å². The lowest BCUT2D eigenvalue weighted by Crippen LogP contribution is -2.44. The van der Waals surface area contributed by atoms with Crippen molar-refractivity contribution in [3.8, 4) is 0 Å². The Labute approximate surface area is 123 Å². The van der Waals surface area contributed by atoms with Gasteiger partial charge in [0.1, 0.15) is 0 Å². The summed E-state index contributed by atoms with van der Waals surface area (Å²) in [5.41, 5.74) is 2.73. The lowest BCUT2D eigenvalue weighted by molar-refractivity contribution is 0.172. The van der Waals surface area contributed by atoms with Crippen molar-refractivity contribution in [2.75, 3.05) is 25.1 Å². The largest absolute Gasteiger partial charge is 0.394 e. The van der Waals surface area contributed by atoms with Crippen LogP contribution in [0.25, 0.3) is 0 Å². The second-order valence-corrected chi connectivity index (χ2v) is 6.28. The highest BCUT2D eigenvalue weighted by Crippen LogP contribution is 2.30. The van der Waals surface area contributed by atoms with Crippen LogP contribution in [0, 0.1) is 0 Å². The minimum atomic E-state index is -0.154. The van der Waals surface area contributed by atoms with Gasteiger partial charge in [0.15, 0.2) is 0 Å². The van der Waals surface area contributed by atoms with Crippen molar-refractivity contribution in [2.24, 2.45) is 0 Å². The molecule has 1 aliphatic rings. The third-order valence-corrected chi connectivity index (χ3v) is 4.74. The minimum absolute atomic E-state index is 0.154. The predicted octanol–water partition coefficient (Wildman–Crippen LogP) is 2.58. The van der Waals surface area contributed by atoms with Crippen LogP contribution in [-0.2, 0) is 6.42 Å². The summed E-state index contributed by atoms with van der Waals surface area (Å²) in [7, 11) is 1.93. The van der Waals surface area contributed by atoms with Crippen molar-refractivity contribution in [3.63, 3.8) is 0 Å². The summed E-state index contributed by atoms with van der Waals surface area (Å²) in [6, 6.07) is 9.37. The Morgan fingerprint density at radius 1 is 1.40 bits per heavy atom. The molecule has 0 aliphatic carbocycles. The number of hydrogen-bond donors (Lipinski definition) is 2. The smallest absolute Gasteiger partial charge is 0.0610 e. The van der Waals surface area contributed by atoms with Crippen LogP contribution in [0.4, 0.5) is 5.69 Å². The number of aliphatic hydroxyl groups is 1. The molecule has 0 bridgehead atoms. The number of fused-ring (bicyclic) bond motifs is 1. The van der Waals surface area contributed by atoms with E-state index in [-0.39, 0.29) is 12.1 Å². The molecule has 0 aromatic heterocycles. The molecule has 3 nitrogen and oxygen atoms in total. The number of rotatable bonds is 6. The maximum Gasteiger partial charge on any atom is 0.0610 e. The van der Waals surface area contributed by atoms with Crippen LogP contribution >= 0.6 is 0 Å². The van der Waals surface area contributed by atoms with Gasteiger partial charge in [-0.2, -0.15) is 0 Å². The van der Waals surface area contributed by atoms with Gasteiger partial charge in [-0.25, -0.2) is 0 Å². The van der Waals surface area contributed by atoms with Crippen molar-refractivity contribution >= 4 is 5.69 Å². The predicted molar refractivity (Wildman–Crippen MR) is 85.4 cm³/mol. The van der Waals surface area contributed by atoms with Gasteiger partial charge in [0.2, 0.25) is 0 Å². The Hall–Kier alpha value is -1.06. The summed E-state index contributed by atoms with van der Waals surface area (Å²) in [6.45, 7) is 5.66. The van der Waals surface area contributed by atoms with E-state index >= 15 is 0 Å². The Kier molecular flexibility index (Phi) is 5.06. The highest BCUT2D eigenvalue weighted by molar-refractivity contribution is 5.56. The summed E-state index contributed by atoms with van der Waals surface area (Å²) in [6.07, 6.45) is 4.51. The van der Waals surface area contributed by atoms with Gasteiger partial charge in [-0.15, -0.1) is 0 Å². The van der Waals surface area contributed by atoms with E-state index in [1.54, 1.807) is 0 Å². The molecular formula is C17H28N2O. The third-order valence-electron chi connectivity index (χ3n) is 4.74. The zero-order valence-corrected chi connectivity index (χ0v) is 13.0. The van der Waals surface area contributed by atoms with Crippen molar-refractivity contribution < 1.29 is 5.11 Å². The van der Waals surface area contributed by atoms with Gasteiger partial charge in [-0.3, -0.25) is 0 Å². The number of aryl methyl sites for hydroxylation is 1. The second kappa shape index (κ2) is 6.59. The summed E-state index contributed by atoms with van der Waals surface area (Å²) < 4.78 is 0.